The molecular weight excluding hydrogens is 434 g/mol. The maximum Gasteiger partial charge on any atom is 0.235 e. The molecule has 3 aliphatic rings. The summed E-state index contributed by atoms with van der Waals surface area (Å²) in [6, 6.07) is 1.93. The molecule has 1 aliphatic carbocycles. The van der Waals surface area contributed by atoms with Crippen molar-refractivity contribution >= 4 is 5.91 Å². The van der Waals surface area contributed by atoms with Gasteiger partial charge < -0.3 is 20.1 Å². The fourth-order valence-electron chi connectivity index (χ4n) is 5.66. The second-order valence-electron chi connectivity index (χ2n) is 9.61. The molecule has 2 N–H and O–H groups in total. The summed E-state index contributed by atoms with van der Waals surface area (Å²) < 4.78 is 13.2. The minimum absolute atomic E-state index is 0.0662. The van der Waals surface area contributed by atoms with Crippen LogP contribution in [0.25, 0.3) is 5.95 Å². The van der Waals surface area contributed by atoms with Crippen LogP contribution in [-0.4, -0.2) is 82.6 Å². The van der Waals surface area contributed by atoms with Crippen LogP contribution in [0.4, 0.5) is 0 Å². The molecule has 184 valence electrons. The highest BCUT2D eigenvalue weighted by Gasteiger charge is 2.40. The molecule has 0 radical (unpaired) electrons. The predicted octanol–water partition coefficient (Wildman–Crippen LogP) is 1.21. The van der Waals surface area contributed by atoms with Crippen molar-refractivity contribution in [2.75, 3.05) is 40.0 Å². The number of nitrogens with zero attached hydrogens (tertiary/aromatic N) is 5. The number of aromatic nitrogens is 4. The second kappa shape index (κ2) is 10.5. The first-order chi connectivity index (χ1) is 16.6. The molecule has 5 rings (SSSR count). The molecule has 3 fully saturated rings. The van der Waals surface area contributed by atoms with Crippen LogP contribution in [-0.2, 0) is 14.3 Å². The molecule has 4 heterocycles. The molecule has 2 aliphatic heterocycles. The number of hydrogen-bond donors (Lipinski definition) is 2. The third-order valence-electron chi connectivity index (χ3n) is 7.40. The van der Waals surface area contributed by atoms with Gasteiger partial charge >= 0.3 is 0 Å². The molecule has 2 aromatic heterocycles. The Bertz CT molecular complexity index is 969. The Kier molecular flexibility index (Phi) is 7.19. The van der Waals surface area contributed by atoms with E-state index in [0.29, 0.717) is 24.8 Å². The van der Waals surface area contributed by atoms with Crippen LogP contribution in [0.5, 0.6) is 0 Å². The normalized spacial score (nSPS) is 29.3. The monoisotopic (exact) mass is 469 g/mol. The molecule has 10 heteroatoms. The zero-order chi connectivity index (χ0) is 23.5. The van der Waals surface area contributed by atoms with Crippen molar-refractivity contribution in [2.45, 2.75) is 50.9 Å². The number of ether oxygens (including phenoxy) is 2. The van der Waals surface area contributed by atoms with Crippen LogP contribution in [0.3, 0.4) is 0 Å². The topological polar surface area (TPSA) is 106 Å². The van der Waals surface area contributed by atoms with Gasteiger partial charge in [-0.15, -0.1) is 0 Å². The molecule has 5 atom stereocenters. The van der Waals surface area contributed by atoms with E-state index in [1.165, 1.54) is 6.42 Å². The van der Waals surface area contributed by atoms with Crippen LogP contribution in [0.15, 0.2) is 24.8 Å². The minimum atomic E-state index is -0.135. The summed E-state index contributed by atoms with van der Waals surface area (Å²) in [6.07, 6.45) is 9.96. The zero-order valence-corrected chi connectivity index (χ0v) is 20.0. The molecular formula is C24H35N7O3. The standard InChI is InChI=1S/C24H35N7O3/c1-16-11-19(29-24(28-16)31-10-7-27-14-31)22-18(23(32)25-2)5-8-30(22)9-6-26-13-17-3-4-20-21(12-17)34-15-33-20/h7,10-11,14,17-18,20-22,26H,3-6,8-9,12-13,15H2,1-2H3,(H,25,32)/t17-,18?,20?,21?,22?/m1/s1. The molecule has 1 saturated carbocycles. The fourth-order valence-corrected chi connectivity index (χ4v) is 5.66. The molecule has 2 aromatic rings. The van der Waals surface area contributed by atoms with Gasteiger partial charge in [-0.1, -0.05) is 0 Å². The Labute approximate surface area is 200 Å². The average molecular weight is 470 g/mol. The Hall–Kier alpha value is -2.40. The van der Waals surface area contributed by atoms with Crippen molar-refractivity contribution < 1.29 is 14.3 Å². The van der Waals surface area contributed by atoms with E-state index < -0.39 is 0 Å². The number of hydrogen-bond acceptors (Lipinski definition) is 8. The highest BCUT2D eigenvalue weighted by atomic mass is 16.7. The van der Waals surface area contributed by atoms with Gasteiger partial charge in [-0.05, 0) is 57.7 Å². The quantitative estimate of drug-likeness (QED) is 0.556. The second-order valence-corrected chi connectivity index (χ2v) is 9.61. The lowest BCUT2D eigenvalue weighted by Crippen LogP contribution is -2.39. The van der Waals surface area contributed by atoms with E-state index >= 15 is 0 Å². The number of rotatable bonds is 8. The van der Waals surface area contributed by atoms with Gasteiger partial charge in [0.05, 0.1) is 29.9 Å². The summed E-state index contributed by atoms with van der Waals surface area (Å²) in [6.45, 7) is 6.00. The first kappa shape index (κ1) is 23.3. The summed E-state index contributed by atoms with van der Waals surface area (Å²) in [5.41, 5.74) is 1.77. The van der Waals surface area contributed by atoms with Gasteiger partial charge in [-0.3, -0.25) is 14.3 Å². The van der Waals surface area contributed by atoms with Crippen LogP contribution in [0.1, 0.15) is 43.1 Å². The highest BCUT2D eigenvalue weighted by Crippen LogP contribution is 2.37. The maximum atomic E-state index is 12.7. The fraction of sp³-hybridized carbons (Fsp3) is 0.667. The van der Waals surface area contributed by atoms with Crippen LogP contribution in [0, 0.1) is 18.8 Å². The number of nitrogens with one attached hydrogen (secondary N) is 2. The van der Waals surface area contributed by atoms with E-state index in [2.05, 4.69) is 25.5 Å². The van der Waals surface area contributed by atoms with Crippen molar-refractivity contribution in [3.8, 4) is 5.95 Å². The van der Waals surface area contributed by atoms with Gasteiger partial charge in [0, 0.05) is 38.2 Å². The molecule has 4 unspecified atom stereocenters. The smallest absolute Gasteiger partial charge is 0.235 e. The first-order valence-electron chi connectivity index (χ1n) is 12.4. The van der Waals surface area contributed by atoms with Gasteiger partial charge in [-0.2, -0.15) is 0 Å². The summed E-state index contributed by atoms with van der Waals surface area (Å²) in [7, 11) is 1.71. The molecule has 0 spiro atoms. The Morgan fingerprint density at radius 2 is 2.09 bits per heavy atom. The van der Waals surface area contributed by atoms with Crippen molar-refractivity contribution in [2.24, 2.45) is 11.8 Å². The molecule has 10 nitrogen and oxygen atoms in total. The number of imidazole rings is 1. The number of amides is 1. The molecule has 34 heavy (non-hydrogen) atoms. The lowest BCUT2D eigenvalue weighted by atomic mass is 9.85. The first-order valence-corrected chi connectivity index (χ1v) is 12.4. The molecule has 0 aromatic carbocycles. The Morgan fingerprint density at radius 3 is 2.91 bits per heavy atom. The van der Waals surface area contributed by atoms with Gasteiger partial charge in [0.2, 0.25) is 11.9 Å². The van der Waals surface area contributed by atoms with E-state index in [4.69, 9.17) is 14.5 Å². The summed E-state index contributed by atoms with van der Waals surface area (Å²) >= 11 is 0. The number of fused-ring (bicyclic) bond motifs is 1. The van der Waals surface area contributed by atoms with Gasteiger partial charge in [0.1, 0.15) is 13.1 Å². The van der Waals surface area contributed by atoms with E-state index in [9.17, 15) is 4.79 Å². The van der Waals surface area contributed by atoms with Gasteiger partial charge in [-0.25, -0.2) is 15.0 Å². The summed E-state index contributed by atoms with van der Waals surface area (Å²) in [5, 5.41) is 6.50. The summed E-state index contributed by atoms with van der Waals surface area (Å²) in [4.78, 5) is 28.7. The number of aryl methyl sites for hydroxylation is 1. The van der Waals surface area contributed by atoms with Gasteiger partial charge in [0.15, 0.2) is 0 Å². The number of carbonyl (C=O) groups excluding carboxylic acids is 1. The average Bonchev–Trinajstić information content (AvgIpc) is 3.61. The molecule has 1 amide bonds. The van der Waals surface area contributed by atoms with Crippen LogP contribution in [0.2, 0.25) is 0 Å². The van der Waals surface area contributed by atoms with Gasteiger partial charge in [0.25, 0.3) is 0 Å². The van der Waals surface area contributed by atoms with Crippen molar-refractivity contribution in [3.05, 3.63) is 36.2 Å². The minimum Gasteiger partial charge on any atom is -0.359 e. The Balaban J connectivity index is 1.24. The largest absolute Gasteiger partial charge is 0.359 e. The van der Waals surface area contributed by atoms with E-state index in [1.807, 2.05) is 19.2 Å². The number of likely N-dealkylation sites (tertiary alicyclic amines) is 1. The third-order valence-corrected chi connectivity index (χ3v) is 7.40. The predicted molar refractivity (Wildman–Crippen MR) is 125 cm³/mol. The van der Waals surface area contributed by atoms with E-state index in [1.54, 1.807) is 24.1 Å². The van der Waals surface area contributed by atoms with E-state index in [0.717, 1.165) is 56.8 Å². The van der Waals surface area contributed by atoms with Crippen molar-refractivity contribution in [3.63, 3.8) is 0 Å². The summed E-state index contributed by atoms with van der Waals surface area (Å²) in [5.74, 6) is 1.14. The third kappa shape index (κ3) is 5.00. The molecule has 2 saturated heterocycles. The Morgan fingerprint density at radius 1 is 1.21 bits per heavy atom. The SMILES string of the molecule is CNC(=O)C1CCN(CCNC[C@@H]2CCC3OCOC3C2)C1c1cc(C)nc(-n2ccnc2)n1. The van der Waals surface area contributed by atoms with Crippen molar-refractivity contribution in [1.82, 2.24) is 35.1 Å². The highest BCUT2D eigenvalue weighted by molar-refractivity contribution is 5.79. The maximum absolute atomic E-state index is 12.7. The lowest BCUT2D eigenvalue weighted by Gasteiger charge is -2.30. The number of carbonyl (C=O) groups is 1. The van der Waals surface area contributed by atoms with Crippen LogP contribution < -0.4 is 10.6 Å². The lowest BCUT2D eigenvalue weighted by molar-refractivity contribution is -0.125. The van der Waals surface area contributed by atoms with Crippen LogP contribution >= 0.6 is 0 Å². The van der Waals surface area contributed by atoms with E-state index in [-0.39, 0.29) is 24.0 Å². The molecule has 0 bridgehead atoms. The van der Waals surface area contributed by atoms with Crippen molar-refractivity contribution in [1.29, 1.82) is 0 Å². The zero-order valence-electron chi connectivity index (χ0n) is 20.0.